The molecule has 0 aliphatic carbocycles. The van der Waals surface area contributed by atoms with Crippen LogP contribution in [0.1, 0.15) is 17.5 Å². The van der Waals surface area contributed by atoms with Crippen LogP contribution in [0, 0.1) is 13.8 Å². The van der Waals surface area contributed by atoms with Crippen molar-refractivity contribution in [3.8, 4) is 17.2 Å². The topological polar surface area (TPSA) is 49.2 Å². The molecule has 0 amide bonds. The number of benzene rings is 2. The molecule has 0 fully saturated rings. The van der Waals surface area contributed by atoms with Crippen molar-refractivity contribution < 1.29 is 9.47 Å². The molecule has 0 bridgehead atoms. The lowest BCUT2D eigenvalue weighted by Crippen LogP contribution is -2.01. The van der Waals surface area contributed by atoms with Gasteiger partial charge in [0.1, 0.15) is 17.8 Å². The summed E-state index contributed by atoms with van der Waals surface area (Å²) >= 11 is 1.66. The van der Waals surface area contributed by atoms with E-state index >= 15 is 0 Å². The highest BCUT2D eigenvalue weighted by Crippen LogP contribution is 2.26. The molecule has 0 spiro atoms. The third-order valence-electron chi connectivity index (χ3n) is 4.13. The van der Waals surface area contributed by atoms with Gasteiger partial charge in [0.25, 0.3) is 0 Å². The third kappa shape index (κ3) is 4.38. The van der Waals surface area contributed by atoms with Crippen LogP contribution in [0.5, 0.6) is 11.5 Å². The van der Waals surface area contributed by atoms with Gasteiger partial charge in [0.2, 0.25) is 0 Å². The Morgan fingerprint density at radius 1 is 1.08 bits per heavy atom. The fraction of sp³-hybridized carbons (Fsp3) is 0.300. The zero-order valence-electron chi connectivity index (χ0n) is 15.3. The number of thioether (sulfide) groups is 1. The molecule has 0 radical (unpaired) electrons. The first kappa shape index (κ1) is 18.3. The molecule has 0 unspecified atom stereocenters. The van der Waals surface area contributed by atoms with Crippen LogP contribution < -0.4 is 9.47 Å². The van der Waals surface area contributed by atoms with Crippen LogP contribution in [0.15, 0.2) is 53.9 Å². The molecule has 0 N–H and O–H groups in total. The summed E-state index contributed by atoms with van der Waals surface area (Å²) in [6.07, 6.45) is 2.64. The second-order valence-corrected chi connectivity index (χ2v) is 7.01. The Kier molecular flexibility index (Phi) is 6.17. The zero-order valence-corrected chi connectivity index (χ0v) is 16.1. The first-order valence-electron chi connectivity index (χ1n) is 8.55. The van der Waals surface area contributed by atoms with Crippen LogP contribution in [0.3, 0.4) is 0 Å². The monoisotopic (exact) mass is 369 g/mol. The van der Waals surface area contributed by atoms with Gasteiger partial charge in [0.05, 0.1) is 19.4 Å². The summed E-state index contributed by atoms with van der Waals surface area (Å²) in [7, 11) is 1.67. The molecule has 0 saturated heterocycles. The van der Waals surface area contributed by atoms with Crippen molar-refractivity contribution in [1.82, 2.24) is 14.8 Å². The number of methoxy groups -OCH3 is 1. The summed E-state index contributed by atoms with van der Waals surface area (Å²) in [5.41, 5.74) is 3.47. The molecule has 2 aromatic carbocycles. The molecule has 3 rings (SSSR count). The molecule has 3 aromatic rings. The number of hydrogen-bond donors (Lipinski definition) is 0. The maximum absolute atomic E-state index is 5.84. The van der Waals surface area contributed by atoms with Gasteiger partial charge in [-0.2, -0.15) is 0 Å². The molecule has 0 aliphatic rings. The summed E-state index contributed by atoms with van der Waals surface area (Å²) < 4.78 is 13.2. The largest absolute Gasteiger partial charge is 0.495 e. The normalized spacial score (nSPS) is 10.7. The lowest BCUT2D eigenvalue weighted by Gasteiger charge is -2.11. The maximum Gasteiger partial charge on any atom is 0.195 e. The molecule has 5 nitrogen and oxygen atoms in total. The molecule has 0 atom stereocenters. The van der Waals surface area contributed by atoms with E-state index in [-0.39, 0.29) is 0 Å². The Morgan fingerprint density at radius 2 is 1.92 bits per heavy atom. The van der Waals surface area contributed by atoms with Gasteiger partial charge in [0.15, 0.2) is 5.16 Å². The van der Waals surface area contributed by atoms with Crippen LogP contribution in [-0.4, -0.2) is 34.2 Å². The highest BCUT2D eigenvalue weighted by molar-refractivity contribution is 7.99. The fourth-order valence-electron chi connectivity index (χ4n) is 2.53. The summed E-state index contributed by atoms with van der Waals surface area (Å²) in [5.74, 6) is 2.63. The van der Waals surface area contributed by atoms with Gasteiger partial charge < -0.3 is 9.47 Å². The Balaban J connectivity index is 1.53. The summed E-state index contributed by atoms with van der Waals surface area (Å²) in [5, 5.41) is 9.12. The predicted molar refractivity (Wildman–Crippen MR) is 105 cm³/mol. The first-order valence-corrected chi connectivity index (χ1v) is 9.54. The maximum atomic E-state index is 5.84. The highest BCUT2D eigenvalue weighted by Gasteiger charge is 2.11. The molecule has 0 aliphatic heterocycles. The van der Waals surface area contributed by atoms with Crippen LogP contribution in [0.4, 0.5) is 0 Å². The summed E-state index contributed by atoms with van der Waals surface area (Å²) in [6, 6.07) is 14.0. The van der Waals surface area contributed by atoms with Crippen LogP contribution >= 0.6 is 11.8 Å². The number of rotatable bonds is 8. The number of hydrogen-bond acceptors (Lipinski definition) is 5. The smallest absolute Gasteiger partial charge is 0.195 e. The summed E-state index contributed by atoms with van der Waals surface area (Å²) in [4.78, 5) is 0. The summed E-state index contributed by atoms with van der Waals surface area (Å²) in [6.45, 7) is 4.88. The number of aryl methyl sites for hydroxylation is 2. The molecule has 1 heterocycles. The molecule has 6 heteroatoms. The number of ether oxygens (including phenoxy) is 2. The predicted octanol–water partition coefficient (Wildman–Crippen LogP) is 4.45. The molecule has 136 valence electrons. The van der Waals surface area contributed by atoms with E-state index in [1.807, 2.05) is 34.9 Å². The Morgan fingerprint density at radius 3 is 2.73 bits per heavy atom. The van der Waals surface area contributed by atoms with Crippen molar-refractivity contribution in [3.63, 3.8) is 0 Å². The van der Waals surface area contributed by atoms with Crippen molar-refractivity contribution >= 4 is 11.8 Å². The van der Waals surface area contributed by atoms with Crippen LogP contribution in [0.2, 0.25) is 0 Å². The van der Waals surface area contributed by atoms with Gasteiger partial charge in [-0.3, -0.25) is 4.57 Å². The van der Waals surface area contributed by atoms with E-state index in [1.165, 1.54) is 11.1 Å². The Bertz CT molecular complexity index is 864. The fourth-order valence-corrected chi connectivity index (χ4v) is 3.37. The van der Waals surface area contributed by atoms with Gasteiger partial charge in [-0.15, -0.1) is 10.2 Å². The van der Waals surface area contributed by atoms with Gasteiger partial charge >= 0.3 is 0 Å². The van der Waals surface area contributed by atoms with E-state index in [0.29, 0.717) is 6.61 Å². The zero-order chi connectivity index (χ0) is 18.4. The van der Waals surface area contributed by atoms with Gasteiger partial charge in [-0.05, 0) is 55.7 Å². The highest BCUT2D eigenvalue weighted by atomic mass is 32.2. The van der Waals surface area contributed by atoms with E-state index < -0.39 is 0 Å². The van der Waals surface area contributed by atoms with E-state index in [1.54, 1.807) is 25.2 Å². The Hall–Kier alpha value is -2.47. The second-order valence-electron chi connectivity index (χ2n) is 5.95. The lowest BCUT2D eigenvalue weighted by atomic mass is 10.1. The van der Waals surface area contributed by atoms with Crippen molar-refractivity contribution in [3.05, 3.63) is 59.9 Å². The van der Waals surface area contributed by atoms with Crippen molar-refractivity contribution in [1.29, 1.82) is 0 Å². The number of para-hydroxylation sites is 2. The Labute approximate surface area is 158 Å². The molecule has 1 aromatic heterocycles. The molecular formula is C20H23N3O2S. The van der Waals surface area contributed by atoms with Gasteiger partial charge in [-0.25, -0.2) is 0 Å². The minimum Gasteiger partial charge on any atom is -0.495 e. The standard InChI is InChI=1S/C20H23N3O2S/c1-15-9-10-17(13-16(15)2)25-11-6-12-26-20-22-21-14-23(20)18-7-4-5-8-19(18)24-3/h4-5,7-10,13-14H,6,11-12H2,1-3H3. The quantitative estimate of drug-likeness (QED) is 0.434. The third-order valence-corrected chi connectivity index (χ3v) is 5.16. The van der Waals surface area contributed by atoms with Crippen molar-refractivity contribution in [2.24, 2.45) is 0 Å². The average Bonchev–Trinajstić information content (AvgIpc) is 3.12. The van der Waals surface area contributed by atoms with E-state index in [9.17, 15) is 0 Å². The molecule has 0 saturated carbocycles. The number of nitrogens with zero attached hydrogens (tertiary/aromatic N) is 3. The van der Waals surface area contributed by atoms with Gasteiger partial charge in [-0.1, -0.05) is 30.0 Å². The minimum atomic E-state index is 0.679. The van der Waals surface area contributed by atoms with Crippen molar-refractivity contribution in [2.75, 3.05) is 19.5 Å². The average molecular weight is 369 g/mol. The van der Waals surface area contributed by atoms with E-state index in [0.717, 1.165) is 34.5 Å². The van der Waals surface area contributed by atoms with Crippen LogP contribution in [0.25, 0.3) is 5.69 Å². The van der Waals surface area contributed by atoms with E-state index in [4.69, 9.17) is 9.47 Å². The lowest BCUT2D eigenvalue weighted by molar-refractivity contribution is 0.318. The molecule has 26 heavy (non-hydrogen) atoms. The SMILES string of the molecule is COc1ccccc1-n1cnnc1SCCCOc1ccc(C)c(C)c1. The van der Waals surface area contributed by atoms with Crippen LogP contribution in [-0.2, 0) is 0 Å². The van der Waals surface area contributed by atoms with E-state index in [2.05, 4.69) is 36.2 Å². The molecular weight excluding hydrogens is 346 g/mol. The minimum absolute atomic E-state index is 0.679. The van der Waals surface area contributed by atoms with Crippen molar-refractivity contribution in [2.45, 2.75) is 25.4 Å². The number of aromatic nitrogens is 3. The second kappa shape index (κ2) is 8.76. The van der Waals surface area contributed by atoms with Gasteiger partial charge in [0, 0.05) is 5.75 Å². The first-order chi connectivity index (χ1) is 12.7.